The Morgan fingerprint density at radius 3 is 2.75 bits per heavy atom. The average Bonchev–Trinajstić information content (AvgIpc) is 2.26. The van der Waals surface area contributed by atoms with E-state index in [0.717, 1.165) is 18.4 Å². The van der Waals surface area contributed by atoms with Crippen molar-refractivity contribution in [1.82, 2.24) is 5.32 Å². The minimum Gasteiger partial charge on any atom is -0.508 e. The first-order chi connectivity index (χ1) is 7.63. The number of phenolic OH excluding ortho intramolecular Hbond substituents is 1. The monoisotopic (exact) mass is 223 g/mol. The fourth-order valence-electron chi connectivity index (χ4n) is 1.70. The molecule has 2 unspecified atom stereocenters. The summed E-state index contributed by atoms with van der Waals surface area (Å²) >= 11 is 0. The highest BCUT2D eigenvalue weighted by Crippen LogP contribution is 2.17. The molecular formula is C13H21NO2. The van der Waals surface area contributed by atoms with E-state index < -0.39 is 6.10 Å². The van der Waals surface area contributed by atoms with Gasteiger partial charge in [-0.25, -0.2) is 0 Å². The lowest BCUT2D eigenvalue weighted by atomic mass is 10.1. The molecule has 0 spiro atoms. The van der Waals surface area contributed by atoms with Crippen LogP contribution in [-0.4, -0.2) is 22.8 Å². The van der Waals surface area contributed by atoms with E-state index in [-0.39, 0.29) is 5.75 Å². The SMILES string of the molecule is CCCC(C)NCC(O)c1cccc(O)c1. The van der Waals surface area contributed by atoms with Crippen molar-refractivity contribution in [1.29, 1.82) is 0 Å². The minimum atomic E-state index is -0.564. The van der Waals surface area contributed by atoms with E-state index in [0.29, 0.717) is 12.6 Å². The van der Waals surface area contributed by atoms with E-state index in [1.165, 1.54) is 0 Å². The van der Waals surface area contributed by atoms with Gasteiger partial charge in [-0.05, 0) is 31.0 Å². The maximum absolute atomic E-state index is 9.89. The summed E-state index contributed by atoms with van der Waals surface area (Å²) in [5.74, 6) is 0.193. The third-order valence-corrected chi connectivity index (χ3v) is 2.64. The molecule has 0 aliphatic heterocycles. The number of aliphatic hydroxyl groups excluding tert-OH is 1. The summed E-state index contributed by atoms with van der Waals surface area (Å²) in [7, 11) is 0. The lowest BCUT2D eigenvalue weighted by Crippen LogP contribution is -2.30. The molecule has 16 heavy (non-hydrogen) atoms. The second-order valence-corrected chi connectivity index (χ2v) is 4.21. The van der Waals surface area contributed by atoms with Crippen molar-refractivity contribution >= 4 is 0 Å². The quantitative estimate of drug-likeness (QED) is 0.693. The molecule has 0 bridgehead atoms. The highest BCUT2D eigenvalue weighted by Gasteiger charge is 2.09. The van der Waals surface area contributed by atoms with Crippen molar-refractivity contribution in [2.75, 3.05) is 6.54 Å². The second kappa shape index (κ2) is 6.51. The first-order valence-electron chi connectivity index (χ1n) is 5.84. The number of aliphatic hydroxyl groups is 1. The Labute approximate surface area is 97.1 Å². The molecule has 0 amide bonds. The fourth-order valence-corrected chi connectivity index (χ4v) is 1.70. The number of hydrogen-bond acceptors (Lipinski definition) is 3. The number of nitrogens with one attached hydrogen (secondary N) is 1. The molecule has 0 aromatic heterocycles. The average molecular weight is 223 g/mol. The van der Waals surface area contributed by atoms with Crippen LogP contribution in [-0.2, 0) is 0 Å². The Bertz CT molecular complexity index is 315. The van der Waals surface area contributed by atoms with E-state index in [4.69, 9.17) is 0 Å². The number of benzene rings is 1. The normalized spacial score (nSPS) is 14.7. The highest BCUT2D eigenvalue weighted by atomic mass is 16.3. The molecule has 1 rings (SSSR count). The molecule has 0 heterocycles. The summed E-state index contributed by atoms with van der Waals surface area (Å²) in [4.78, 5) is 0. The largest absolute Gasteiger partial charge is 0.508 e. The Morgan fingerprint density at radius 2 is 2.12 bits per heavy atom. The third kappa shape index (κ3) is 4.21. The van der Waals surface area contributed by atoms with Crippen LogP contribution in [0.25, 0.3) is 0 Å². The smallest absolute Gasteiger partial charge is 0.115 e. The Kier molecular flexibility index (Phi) is 5.29. The molecule has 90 valence electrons. The van der Waals surface area contributed by atoms with E-state index in [1.807, 2.05) is 6.07 Å². The van der Waals surface area contributed by atoms with Gasteiger partial charge in [0.15, 0.2) is 0 Å². The van der Waals surface area contributed by atoms with E-state index in [2.05, 4.69) is 19.2 Å². The van der Waals surface area contributed by atoms with Gasteiger partial charge in [0.1, 0.15) is 5.75 Å². The van der Waals surface area contributed by atoms with Gasteiger partial charge in [0.25, 0.3) is 0 Å². The standard InChI is InChI=1S/C13H21NO2/c1-3-5-10(2)14-9-13(16)11-6-4-7-12(15)8-11/h4,6-8,10,13-16H,3,5,9H2,1-2H3. The molecule has 3 N–H and O–H groups in total. The summed E-state index contributed by atoms with van der Waals surface area (Å²) in [6, 6.07) is 7.16. The molecule has 0 radical (unpaired) electrons. The van der Waals surface area contributed by atoms with Crippen molar-refractivity contribution in [3.05, 3.63) is 29.8 Å². The summed E-state index contributed by atoms with van der Waals surface area (Å²) in [5, 5.41) is 22.5. The zero-order valence-electron chi connectivity index (χ0n) is 9.98. The van der Waals surface area contributed by atoms with Gasteiger partial charge in [0.2, 0.25) is 0 Å². The highest BCUT2D eigenvalue weighted by molar-refractivity contribution is 5.28. The fraction of sp³-hybridized carbons (Fsp3) is 0.538. The number of aromatic hydroxyl groups is 1. The van der Waals surface area contributed by atoms with E-state index in [9.17, 15) is 10.2 Å². The van der Waals surface area contributed by atoms with Gasteiger partial charge in [0, 0.05) is 12.6 Å². The van der Waals surface area contributed by atoms with Crippen LogP contribution in [0.4, 0.5) is 0 Å². The molecule has 0 aliphatic carbocycles. The van der Waals surface area contributed by atoms with E-state index in [1.54, 1.807) is 18.2 Å². The summed E-state index contributed by atoms with van der Waals surface area (Å²) < 4.78 is 0. The molecule has 3 heteroatoms. The second-order valence-electron chi connectivity index (χ2n) is 4.21. The molecule has 0 saturated heterocycles. The van der Waals surface area contributed by atoms with Gasteiger partial charge in [-0.2, -0.15) is 0 Å². The van der Waals surface area contributed by atoms with Gasteiger partial charge >= 0.3 is 0 Å². The number of rotatable bonds is 6. The Morgan fingerprint density at radius 1 is 1.38 bits per heavy atom. The van der Waals surface area contributed by atoms with Crippen LogP contribution >= 0.6 is 0 Å². The predicted molar refractivity (Wildman–Crippen MR) is 65.4 cm³/mol. The topological polar surface area (TPSA) is 52.5 Å². The van der Waals surface area contributed by atoms with E-state index >= 15 is 0 Å². The molecule has 0 saturated carbocycles. The lowest BCUT2D eigenvalue weighted by Gasteiger charge is -2.16. The first-order valence-corrected chi connectivity index (χ1v) is 5.84. The predicted octanol–water partition coefficient (Wildman–Crippen LogP) is 2.20. The summed E-state index contributed by atoms with van der Waals surface area (Å²) in [5.41, 5.74) is 0.746. The van der Waals surface area contributed by atoms with Gasteiger partial charge in [0.05, 0.1) is 6.10 Å². The van der Waals surface area contributed by atoms with Crippen LogP contribution in [0.15, 0.2) is 24.3 Å². The van der Waals surface area contributed by atoms with Crippen LogP contribution in [0.5, 0.6) is 5.75 Å². The lowest BCUT2D eigenvalue weighted by molar-refractivity contribution is 0.169. The van der Waals surface area contributed by atoms with Crippen LogP contribution in [0.1, 0.15) is 38.4 Å². The molecule has 1 aromatic rings. The van der Waals surface area contributed by atoms with Gasteiger partial charge in [-0.1, -0.05) is 25.5 Å². The Balaban J connectivity index is 2.43. The zero-order chi connectivity index (χ0) is 12.0. The van der Waals surface area contributed by atoms with Crippen molar-refractivity contribution in [3.8, 4) is 5.75 Å². The summed E-state index contributed by atoms with van der Waals surface area (Å²) in [6.07, 6.45) is 1.68. The molecule has 1 aromatic carbocycles. The van der Waals surface area contributed by atoms with Crippen molar-refractivity contribution in [2.45, 2.75) is 38.8 Å². The van der Waals surface area contributed by atoms with Crippen molar-refractivity contribution < 1.29 is 10.2 Å². The minimum absolute atomic E-state index is 0.193. The zero-order valence-corrected chi connectivity index (χ0v) is 9.98. The molecular weight excluding hydrogens is 202 g/mol. The van der Waals surface area contributed by atoms with Crippen LogP contribution in [0, 0.1) is 0 Å². The van der Waals surface area contributed by atoms with Gasteiger partial charge < -0.3 is 15.5 Å². The number of hydrogen-bond donors (Lipinski definition) is 3. The molecule has 2 atom stereocenters. The maximum Gasteiger partial charge on any atom is 0.115 e. The number of phenols is 1. The van der Waals surface area contributed by atoms with Crippen LogP contribution < -0.4 is 5.32 Å². The third-order valence-electron chi connectivity index (χ3n) is 2.64. The van der Waals surface area contributed by atoms with Crippen molar-refractivity contribution in [2.24, 2.45) is 0 Å². The van der Waals surface area contributed by atoms with Crippen LogP contribution in [0.2, 0.25) is 0 Å². The van der Waals surface area contributed by atoms with Crippen LogP contribution in [0.3, 0.4) is 0 Å². The van der Waals surface area contributed by atoms with Crippen molar-refractivity contribution in [3.63, 3.8) is 0 Å². The molecule has 0 aliphatic rings. The first kappa shape index (κ1) is 13.0. The molecule has 0 fully saturated rings. The summed E-state index contributed by atoms with van der Waals surface area (Å²) in [6.45, 7) is 4.77. The molecule has 3 nitrogen and oxygen atoms in total. The van der Waals surface area contributed by atoms with Gasteiger partial charge in [-0.3, -0.25) is 0 Å². The Hall–Kier alpha value is -1.06. The van der Waals surface area contributed by atoms with Gasteiger partial charge in [-0.15, -0.1) is 0 Å². The maximum atomic E-state index is 9.89.